The number of benzene rings is 2. The molecule has 0 N–H and O–H groups in total. The van der Waals surface area contributed by atoms with Gasteiger partial charge in [0.1, 0.15) is 5.82 Å². The van der Waals surface area contributed by atoms with Gasteiger partial charge in [0.05, 0.1) is 0 Å². The third-order valence-corrected chi connectivity index (χ3v) is 4.33. The minimum absolute atomic E-state index is 0.0220. The third-order valence-electron chi connectivity index (χ3n) is 4.33. The summed E-state index contributed by atoms with van der Waals surface area (Å²) in [5.74, 6) is -4.91. The Morgan fingerprint density at radius 1 is 0.821 bits per heavy atom. The molecular formula is C19H16F4N2O3. The fraction of sp³-hybridized carbons (Fsp3) is 0.263. The first kappa shape index (κ1) is 19.7. The van der Waals surface area contributed by atoms with Crippen LogP contribution in [0, 0.1) is 23.3 Å². The molecule has 0 radical (unpaired) electrons. The van der Waals surface area contributed by atoms with E-state index in [2.05, 4.69) is 0 Å². The Bertz CT molecular complexity index is 899. The first-order valence-corrected chi connectivity index (χ1v) is 8.45. The van der Waals surface area contributed by atoms with Crippen LogP contribution in [0.3, 0.4) is 0 Å². The molecule has 0 aliphatic carbocycles. The molecule has 0 saturated carbocycles. The molecule has 1 aliphatic rings. The molecule has 0 spiro atoms. The lowest BCUT2D eigenvalue weighted by Gasteiger charge is -2.34. The minimum Gasteiger partial charge on any atom is -0.481 e. The molecule has 9 heteroatoms. The molecule has 2 amide bonds. The second kappa shape index (κ2) is 8.28. The lowest BCUT2D eigenvalue weighted by Crippen LogP contribution is -2.51. The van der Waals surface area contributed by atoms with Gasteiger partial charge < -0.3 is 14.5 Å². The zero-order valence-electron chi connectivity index (χ0n) is 14.6. The maximum absolute atomic E-state index is 13.5. The molecule has 1 heterocycles. The van der Waals surface area contributed by atoms with Gasteiger partial charge in [0.15, 0.2) is 29.8 Å². The van der Waals surface area contributed by atoms with Crippen molar-refractivity contribution in [3.63, 3.8) is 0 Å². The number of nitrogens with zero attached hydrogens (tertiary/aromatic N) is 2. The van der Waals surface area contributed by atoms with Gasteiger partial charge in [-0.25, -0.2) is 17.6 Å². The number of rotatable bonds is 4. The van der Waals surface area contributed by atoms with E-state index in [0.717, 1.165) is 24.3 Å². The van der Waals surface area contributed by atoms with Crippen molar-refractivity contribution in [1.29, 1.82) is 0 Å². The normalized spacial score (nSPS) is 14.1. The van der Waals surface area contributed by atoms with E-state index in [4.69, 9.17) is 4.74 Å². The van der Waals surface area contributed by atoms with Crippen LogP contribution in [0.25, 0.3) is 0 Å². The molecule has 1 saturated heterocycles. The summed E-state index contributed by atoms with van der Waals surface area (Å²) in [6, 6.07) is 5.68. The monoisotopic (exact) mass is 396 g/mol. The fourth-order valence-corrected chi connectivity index (χ4v) is 2.79. The molecule has 0 bridgehead atoms. The Balaban J connectivity index is 1.52. The largest absolute Gasteiger partial charge is 0.481 e. The Morgan fingerprint density at radius 2 is 1.50 bits per heavy atom. The molecule has 28 heavy (non-hydrogen) atoms. The second-order valence-electron chi connectivity index (χ2n) is 6.17. The maximum atomic E-state index is 13.5. The summed E-state index contributed by atoms with van der Waals surface area (Å²) in [6.45, 7) is 0.398. The van der Waals surface area contributed by atoms with Gasteiger partial charge in [-0.05, 0) is 30.3 Å². The molecule has 2 aromatic carbocycles. The van der Waals surface area contributed by atoms with E-state index in [1.807, 2.05) is 0 Å². The first-order chi connectivity index (χ1) is 13.3. The highest BCUT2D eigenvalue weighted by atomic mass is 19.2. The van der Waals surface area contributed by atoms with E-state index in [9.17, 15) is 27.2 Å². The molecule has 3 rings (SSSR count). The Kier molecular flexibility index (Phi) is 5.81. The van der Waals surface area contributed by atoms with Crippen LogP contribution >= 0.6 is 0 Å². The van der Waals surface area contributed by atoms with Crippen molar-refractivity contribution in [2.45, 2.75) is 0 Å². The summed E-state index contributed by atoms with van der Waals surface area (Å²) in [7, 11) is 0. The Labute approximate surface area is 158 Å². The van der Waals surface area contributed by atoms with Gasteiger partial charge in [0, 0.05) is 37.8 Å². The molecule has 5 nitrogen and oxygen atoms in total. The van der Waals surface area contributed by atoms with Crippen LogP contribution < -0.4 is 4.74 Å². The number of carbonyl (C=O) groups is 2. The molecule has 148 valence electrons. The van der Waals surface area contributed by atoms with Crippen LogP contribution in [0.1, 0.15) is 10.4 Å². The van der Waals surface area contributed by atoms with Gasteiger partial charge in [0.2, 0.25) is 0 Å². The maximum Gasteiger partial charge on any atom is 0.260 e. The standard InChI is InChI=1S/C19H16F4N2O3/c20-13-2-4-17(16(23)10-13)28-11-18(26)24-5-7-25(8-6-24)19(27)12-1-3-14(21)15(22)9-12/h1-4,9-10H,5-8,11H2. The summed E-state index contributed by atoms with van der Waals surface area (Å²) < 4.78 is 57.7. The highest BCUT2D eigenvalue weighted by molar-refractivity contribution is 5.94. The van der Waals surface area contributed by atoms with E-state index < -0.39 is 41.7 Å². The number of hydrogen-bond acceptors (Lipinski definition) is 3. The summed E-state index contributed by atoms with van der Waals surface area (Å²) in [5.41, 5.74) is 0.0220. The zero-order chi connectivity index (χ0) is 20.3. The van der Waals surface area contributed by atoms with Gasteiger partial charge in [-0.2, -0.15) is 0 Å². The van der Waals surface area contributed by atoms with Crippen molar-refractivity contribution in [3.05, 3.63) is 65.2 Å². The highest BCUT2D eigenvalue weighted by Gasteiger charge is 2.25. The number of hydrogen-bond donors (Lipinski definition) is 0. The number of halogens is 4. The average Bonchev–Trinajstić information content (AvgIpc) is 2.69. The van der Waals surface area contributed by atoms with Crippen molar-refractivity contribution in [1.82, 2.24) is 9.80 Å². The molecule has 0 aromatic heterocycles. The predicted octanol–water partition coefficient (Wildman–Crippen LogP) is 2.61. The number of ether oxygens (including phenoxy) is 1. The van der Waals surface area contributed by atoms with Gasteiger partial charge in [0.25, 0.3) is 11.8 Å². The third kappa shape index (κ3) is 4.41. The fourth-order valence-electron chi connectivity index (χ4n) is 2.79. The molecular weight excluding hydrogens is 380 g/mol. The predicted molar refractivity (Wildman–Crippen MR) is 90.7 cm³/mol. The zero-order valence-corrected chi connectivity index (χ0v) is 14.6. The molecule has 1 aliphatic heterocycles. The van der Waals surface area contributed by atoms with Gasteiger partial charge in [-0.1, -0.05) is 0 Å². The quantitative estimate of drug-likeness (QED) is 0.747. The SMILES string of the molecule is O=C(COc1ccc(F)cc1F)N1CCN(C(=O)c2ccc(F)c(F)c2)CC1. The average molecular weight is 396 g/mol. The van der Waals surface area contributed by atoms with Gasteiger partial charge >= 0.3 is 0 Å². The Hall–Kier alpha value is -3.10. The van der Waals surface area contributed by atoms with Crippen LogP contribution in [0.5, 0.6) is 5.75 Å². The first-order valence-electron chi connectivity index (χ1n) is 8.45. The minimum atomic E-state index is -1.11. The van der Waals surface area contributed by atoms with Crippen LogP contribution in [-0.4, -0.2) is 54.4 Å². The lowest BCUT2D eigenvalue weighted by atomic mass is 10.1. The van der Waals surface area contributed by atoms with E-state index >= 15 is 0 Å². The molecule has 2 aromatic rings. The van der Waals surface area contributed by atoms with Crippen molar-refractivity contribution >= 4 is 11.8 Å². The molecule has 1 fully saturated rings. The van der Waals surface area contributed by atoms with Crippen LogP contribution in [0.2, 0.25) is 0 Å². The van der Waals surface area contributed by atoms with E-state index in [0.29, 0.717) is 6.07 Å². The summed E-state index contributed by atoms with van der Waals surface area (Å²) in [6.07, 6.45) is 0. The van der Waals surface area contributed by atoms with Gasteiger partial charge in [-0.3, -0.25) is 9.59 Å². The van der Waals surface area contributed by atoms with Gasteiger partial charge in [-0.15, -0.1) is 0 Å². The van der Waals surface area contributed by atoms with Crippen LogP contribution in [-0.2, 0) is 4.79 Å². The summed E-state index contributed by atoms with van der Waals surface area (Å²) >= 11 is 0. The topological polar surface area (TPSA) is 49.9 Å². The molecule has 0 atom stereocenters. The Morgan fingerprint density at radius 3 is 2.14 bits per heavy atom. The highest BCUT2D eigenvalue weighted by Crippen LogP contribution is 2.18. The van der Waals surface area contributed by atoms with Crippen molar-refractivity contribution in [3.8, 4) is 5.75 Å². The number of carbonyl (C=O) groups excluding carboxylic acids is 2. The van der Waals surface area contributed by atoms with Crippen molar-refractivity contribution < 1.29 is 31.9 Å². The lowest BCUT2D eigenvalue weighted by molar-refractivity contribution is -0.134. The van der Waals surface area contributed by atoms with Crippen molar-refractivity contribution in [2.24, 2.45) is 0 Å². The van der Waals surface area contributed by atoms with E-state index in [1.165, 1.54) is 15.9 Å². The van der Waals surface area contributed by atoms with E-state index in [-0.39, 0.29) is 37.5 Å². The number of amides is 2. The summed E-state index contributed by atoms with van der Waals surface area (Å²) in [4.78, 5) is 27.4. The van der Waals surface area contributed by atoms with Crippen LogP contribution in [0.4, 0.5) is 17.6 Å². The van der Waals surface area contributed by atoms with Crippen molar-refractivity contribution in [2.75, 3.05) is 32.8 Å². The smallest absolute Gasteiger partial charge is 0.260 e. The molecule has 0 unspecified atom stereocenters. The second-order valence-corrected chi connectivity index (χ2v) is 6.17. The van der Waals surface area contributed by atoms with E-state index in [1.54, 1.807) is 0 Å². The van der Waals surface area contributed by atoms with Crippen LogP contribution in [0.15, 0.2) is 36.4 Å². The number of piperazine rings is 1. The summed E-state index contributed by atoms with van der Waals surface area (Å²) in [5, 5.41) is 0.